The zero-order chi connectivity index (χ0) is 68.3. The number of hydrogen-bond acceptors (Lipinski definition) is 18. The van der Waals surface area contributed by atoms with Crippen LogP contribution in [0.2, 0.25) is 0 Å². The maximum absolute atomic E-state index is 13.5. The number of guanidine groups is 2. The number of anilines is 3. The van der Waals surface area contributed by atoms with Crippen LogP contribution in [0, 0.1) is 0 Å². The molecule has 10 N–H and O–H groups in total. The fraction of sp³-hybridized carbons (Fsp3) is 0.328. The van der Waals surface area contributed by atoms with Crippen molar-refractivity contribution in [3.8, 4) is 0 Å². The van der Waals surface area contributed by atoms with Crippen molar-refractivity contribution in [2.75, 3.05) is 71.6 Å². The number of ketones is 7. The van der Waals surface area contributed by atoms with Gasteiger partial charge in [-0.2, -0.15) is 0 Å². The lowest BCUT2D eigenvalue weighted by Gasteiger charge is -2.25. The van der Waals surface area contributed by atoms with Gasteiger partial charge in [-0.05, 0) is 92.5 Å². The number of nitrogens with one attached hydrogen (secondary N) is 2. The standard InChI is InChI=1S/C22H27N5O4.C20H22N2O5.C17H18N2O3.C3H5ClO2.C2H7N3.ClH/c1-5-18(28)17-11-15(12-27(17)6-2)22(20(30)26(3)21(23)25-22)14-8-7-9-16(10-14)24-19(29)13-31-4;1-4-17(23)16-10-14(11-22(16)5-2)20(26)19(25)13-7-6-8-15(9-13)21-18(24)12-27-3;1-3-15(20)14-9-12(10-19(14)4-2)17(22)16(21)11-6-5-7-13(18)8-11;1-6-2-3(4)5;1-5-2(3)4;/h7-12H,5-6,13H2,1-4H3,(H2,23,25)(H,24,29);6-11H,4-5,12H2,1-3H3,(H,21,24);5-10H,3-4,18H2,1-2H3;2H2,1H3;1H3,(H4,3,4,5);1H. The van der Waals surface area contributed by atoms with Crippen molar-refractivity contribution in [3.05, 3.63) is 160 Å². The van der Waals surface area contributed by atoms with Crippen molar-refractivity contribution < 1.29 is 67.0 Å². The summed E-state index contributed by atoms with van der Waals surface area (Å²) in [4.78, 5) is 142. The molecule has 28 heteroatoms. The Kier molecular flexibility index (Phi) is 32.4. The number of aromatic nitrogens is 3. The van der Waals surface area contributed by atoms with Crippen LogP contribution in [0.3, 0.4) is 0 Å². The van der Waals surface area contributed by atoms with E-state index >= 15 is 0 Å². The Morgan fingerprint density at radius 3 is 1.30 bits per heavy atom. The molecule has 1 aliphatic heterocycles. The third-order valence-electron chi connectivity index (χ3n) is 13.3. The highest BCUT2D eigenvalue weighted by atomic mass is 35.5. The van der Waals surface area contributed by atoms with Crippen LogP contribution in [-0.4, -0.2) is 149 Å². The SMILES string of the molecule is CCC(=O)c1cc(C(=O)C(=O)c2cccc(N)c2)cn1CC.CCC(=O)c1cc(C(=O)C(=O)c2cccc(NC(=O)COC)c2)cn1CC.CCC(=O)c1cc(C2(c3cccc(NC(=O)COC)c3)N=C(N)N(C)C2=O)cn1CC.CN=C(N)N.COCC(=O)Cl.Cl. The molecule has 6 aromatic rings. The largest absolute Gasteiger partial charge is 0.399 e. The molecule has 0 fully saturated rings. The van der Waals surface area contributed by atoms with Crippen molar-refractivity contribution >= 4 is 116 Å². The van der Waals surface area contributed by atoms with Gasteiger partial charge < -0.3 is 61.5 Å². The lowest BCUT2D eigenvalue weighted by atomic mass is 9.83. The van der Waals surface area contributed by atoms with Crippen LogP contribution in [0.15, 0.2) is 120 Å². The number of methoxy groups -OCH3 is 3. The van der Waals surface area contributed by atoms with E-state index in [4.69, 9.17) is 44.0 Å². The summed E-state index contributed by atoms with van der Waals surface area (Å²) >= 11 is 4.81. The second-order valence-electron chi connectivity index (χ2n) is 19.6. The first-order valence-electron chi connectivity index (χ1n) is 28.5. The molecule has 4 heterocycles. The summed E-state index contributed by atoms with van der Waals surface area (Å²) in [5.74, 6) is -3.67. The first-order valence-corrected chi connectivity index (χ1v) is 28.9. The monoisotopic (exact) mass is 1310 g/mol. The highest BCUT2D eigenvalue weighted by molar-refractivity contribution is 6.63. The van der Waals surface area contributed by atoms with Crippen LogP contribution in [0.25, 0.3) is 0 Å². The molecule has 3 aromatic carbocycles. The summed E-state index contributed by atoms with van der Waals surface area (Å²) in [5, 5.41) is 4.86. The van der Waals surface area contributed by atoms with Crippen LogP contribution < -0.4 is 33.6 Å². The number of benzene rings is 3. The number of carbonyl (C=O) groups excluding carboxylic acids is 11. The number of likely N-dealkylation sites (N-methyl/N-ethyl adjacent to an activating group) is 1. The predicted molar refractivity (Wildman–Crippen MR) is 353 cm³/mol. The number of hydrogen-bond donors (Lipinski definition) is 6. The zero-order valence-electron chi connectivity index (χ0n) is 53.3. The molecule has 26 nitrogen and oxygen atoms in total. The van der Waals surface area contributed by atoms with E-state index in [0.29, 0.717) is 84.2 Å². The Morgan fingerprint density at radius 1 is 0.543 bits per heavy atom. The highest BCUT2D eigenvalue weighted by Gasteiger charge is 2.50. The van der Waals surface area contributed by atoms with Gasteiger partial charge in [0.15, 0.2) is 34.8 Å². The summed E-state index contributed by atoms with van der Waals surface area (Å²) in [7, 11) is 7.35. The average Bonchev–Trinajstić information content (AvgIpc) is 1.54. The first-order chi connectivity index (χ1) is 43.2. The molecule has 3 aromatic heterocycles. The molecule has 0 bridgehead atoms. The lowest BCUT2D eigenvalue weighted by Crippen LogP contribution is -2.41. The van der Waals surface area contributed by atoms with Crippen molar-refractivity contribution in [1.29, 1.82) is 0 Å². The summed E-state index contributed by atoms with van der Waals surface area (Å²) in [6.07, 6.45) is 5.85. The van der Waals surface area contributed by atoms with Gasteiger partial charge in [0.1, 0.15) is 19.8 Å². The summed E-state index contributed by atoms with van der Waals surface area (Å²) < 4.78 is 19.1. The topological polar surface area (TPSA) is 386 Å². The van der Waals surface area contributed by atoms with Gasteiger partial charge in [-0.25, -0.2) is 4.99 Å². The van der Waals surface area contributed by atoms with E-state index in [9.17, 15) is 52.7 Å². The van der Waals surface area contributed by atoms with Gasteiger partial charge in [-0.1, -0.05) is 57.2 Å². The number of aliphatic imine (C=N–C) groups is 2. The number of amides is 3. The fourth-order valence-electron chi connectivity index (χ4n) is 8.73. The Hall–Kier alpha value is -9.73. The second-order valence-corrected chi connectivity index (χ2v) is 20.0. The minimum Gasteiger partial charge on any atom is -0.399 e. The van der Waals surface area contributed by atoms with E-state index in [-0.39, 0.29) is 101 Å². The minimum absolute atomic E-state index is 0. The van der Waals surface area contributed by atoms with Gasteiger partial charge in [0, 0.05) is 138 Å². The molecular formula is C64H80Cl2N12O14. The van der Waals surface area contributed by atoms with Gasteiger partial charge in [0.05, 0.1) is 17.1 Å². The third kappa shape index (κ3) is 21.2. The number of rotatable bonds is 25. The molecular weight excluding hydrogens is 1230 g/mol. The Labute approximate surface area is 544 Å². The quantitative estimate of drug-likeness (QED) is 0.00845. The van der Waals surface area contributed by atoms with Crippen LogP contribution in [0.1, 0.15) is 145 Å². The summed E-state index contributed by atoms with van der Waals surface area (Å²) in [5.41, 5.74) is 24.4. The van der Waals surface area contributed by atoms with Crippen molar-refractivity contribution in [3.63, 3.8) is 0 Å². The van der Waals surface area contributed by atoms with E-state index in [1.165, 1.54) is 69.8 Å². The molecule has 7 rings (SSSR count). The van der Waals surface area contributed by atoms with Gasteiger partial charge in [0.2, 0.25) is 40.2 Å². The maximum atomic E-state index is 13.5. The number of ether oxygens (including phenoxy) is 3. The van der Waals surface area contributed by atoms with Crippen LogP contribution in [0.4, 0.5) is 17.1 Å². The Bertz CT molecular complexity index is 3690. The molecule has 3 amide bonds. The number of nitrogens with zero attached hydrogens (tertiary/aromatic N) is 6. The third-order valence-corrected chi connectivity index (χ3v) is 13.4. The zero-order valence-corrected chi connectivity index (χ0v) is 54.8. The normalized spacial score (nSPS) is 12.6. The van der Waals surface area contributed by atoms with E-state index in [0.717, 1.165) is 0 Å². The molecule has 1 atom stereocenters. The number of aryl methyl sites for hydroxylation is 3. The Morgan fingerprint density at radius 2 is 0.935 bits per heavy atom. The first kappa shape index (κ1) is 78.4. The van der Waals surface area contributed by atoms with Crippen molar-refractivity contribution in [2.45, 2.75) is 86.0 Å². The molecule has 0 spiro atoms. The number of nitrogen functional groups attached to an aromatic ring is 1. The number of halogens is 2. The number of carbonyl (C=O) groups is 11. The van der Waals surface area contributed by atoms with E-state index in [2.05, 4.69) is 25.4 Å². The molecule has 0 aliphatic carbocycles. The minimum atomic E-state index is -1.45. The molecule has 0 saturated carbocycles. The molecule has 1 aliphatic rings. The molecule has 0 radical (unpaired) electrons. The van der Waals surface area contributed by atoms with E-state index in [1.54, 1.807) is 110 Å². The number of Topliss-reactive ketones (excluding diaryl/α,β-unsaturated/α-hetero) is 7. The van der Waals surface area contributed by atoms with Gasteiger partial charge in [-0.15, -0.1) is 12.4 Å². The summed E-state index contributed by atoms with van der Waals surface area (Å²) in [6, 6.07) is 23.9. The second kappa shape index (κ2) is 38.1. The van der Waals surface area contributed by atoms with E-state index in [1.807, 2.05) is 25.3 Å². The molecule has 0 saturated heterocycles. The lowest BCUT2D eigenvalue weighted by molar-refractivity contribution is -0.129. The summed E-state index contributed by atoms with van der Waals surface area (Å²) in [6.45, 7) is 12.4. The van der Waals surface area contributed by atoms with Crippen LogP contribution in [0.5, 0.6) is 0 Å². The van der Waals surface area contributed by atoms with E-state index < -0.39 is 33.9 Å². The fourth-order valence-corrected chi connectivity index (χ4v) is 8.84. The predicted octanol–water partition coefficient (Wildman–Crippen LogP) is 6.93. The smallest absolute Gasteiger partial charge is 0.266 e. The highest BCUT2D eigenvalue weighted by Crippen LogP contribution is 2.41. The maximum Gasteiger partial charge on any atom is 0.266 e. The molecule has 1 unspecified atom stereocenters. The van der Waals surface area contributed by atoms with Crippen molar-refractivity contribution in [2.24, 2.45) is 27.2 Å². The van der Waals surface area contributed by atoms with Gasteiger partial charge >= 0.3 is 0 Å². The van der Waals surface area contributed by atoms with Gasteiger partial charge in [0.25, 0.3) is 5.91 Å². The molecule has 92 heavy (non-hydrogen) atoms. The van der Waals surface area contributed by atoms with Crippen LogP contribution >= 0.6 is 24.0 Å². The van der Waals surface area contributed by atoms with Crippen molar-refractivity contribution in [1.82, 2.24) is 18.6 Å². The number of nitrogens with two attached hydrogens (primary N) is 4. The molecule has 494 valence electrons. The average molecular weight is 1310 g/mol. The van der Waals surface area contributed by atoms with Gasteiger partial charge in [-0.3, -0.25) is 62.6 Å². The van der Waals surface area contributed by atoms with Crippen LogP contribution in [-0.2, 0) is 58.6 Å². The Balaban J connectivity index is 0.000000435.